The summed E-state index contributed by atoms with van der Waals surface area (Å²) in [6, 6.07) is 0.311. The van der Waals surface area contributed by atoms with E-state index in [9.17, 15) is 4.79 Å². The van der Waals surface area contributed by atoms with Gasteiger partial charge in [0, 0.05) is 32.2 Å². The Hall–Kier alpha value is -0.690. The zero-order valence-corrected chi connectivity index (χ0v) is 11.7. The van der Waals surface area contributed by atoms with Gasteiger partial charge in [-0.15, -0.1) is 0 Å². The lowest BCUT2D eigenvalue weighted by atomic mass is 10.1. The molecule has 3 N–H and O–H groups in total. The van der Waals surface area contributed by atoms with E-state index in [1.165, 1.54) is 0 Å². The summed E-state index contributed by atoms with van der Waals surface area (Å²) in [7, 11) is 4.02. The summed E-state index contributed by atoms with van der Waals surface area (Å²) in [5.41, 5.74) is 0. The average molecular weight is 258 g/mol. The van der Waals surface area contributed by atoms with Crippen LogP contribution in [0.3, 0.4) is 0 Å². The van der Waals surface area contributed by atoms with Crippen molar-refractivity contribution < 1.29 is 9.53 Å². The van der Waals surface area contributed by atoms with Crippen LogP contribution in [0, 0.1) is 0 Å². The molecule has 6 heteroatoms. The van der Waals surface area contributed by atoms with Gasteiger partial charge in [0.2, 0.25) is 5.91 Å². The Kier molecular flexibility index (Phi) is 7.19. The number of nitrogens with zero attached hydrogens (tertiary/aromatic N) is 1. The number of nitrogens with one attached hydrogen (secondary N) is 3. The fraction of sp³-hybridized carbons (Fsp3) is 0.917. The Morgan fingerprint density at radius 1 is 1.33 bits per heavy atom. The maximum Gasteiger partial charge on any atom is 0.238 e. The molecule has 106 valence electrons. The number of amides is 1. The molecule has 0 radical (unpaired) electrons. The number of piperazine rings is 1. The number of hydrogen-bond acceptors (Lipinski definition) is 5. The third-order valence-electron chi connectivity index (χ3n) is 2.89. The molecule has 1 rings (SSSR count). The van der Waals surface area contributed by atoms with Crippen LogP contribution in [0.25, 0.3) is 0 Å². The molecule has 18 heavy (non-hydrogen) atoms. The van der Waals surface area contributed by atoms with Crippen molar-refractivity contribution in [2.24, 2.45) is 0 Å². The smallest absolute Gasteiger partial charge is 0.238 e. The van der Waals surface area contributed by atoms with Crippen molar-refractivity contribution in [3.63, 3.8) is 0 Å². The highest BCUT2D eigenvalue weighted by Gasteiger charge is 2.22. The largest absolute Gasteiger partial charge is 0.378 e. The van der Waals surface area contributed by atoms with Crippen LogP contribution < -0.4 is 16.0 Å². The van der Waals surface area contributed by atoms with Gasteiger partial charge < -0.3 is 25.6 Å². The second-order valence-corrected chi connectivity index (χ2v) is 4.98. The van der Waals surface area contributed by atoms with Crippen LogP contribution in [0.5, 0.6) is 0 Å². The maximum absolute atomic E-state index is 11.8. The lowest BCUT2D eigenvalue weighted by molar-refractivity contribution is -0.123. The van der Waals surface area contributed by atoms with Crippen molar-refractivity contribution in [3.8, 4) is 0 Å². The molecule has 1 aliphatic rings. The highest BCUT2D eigenvalue weighted by Crippen LogP contribution is 1.92. The van der Waals surface area contributed by atoms with Crippen molar-refractivity contribution >= 4 is 5.91 Å². The minimum Gasteiger partial charge on any atom is -0.378 e. The quantitative estimate of drug-likeness (QED) is 0.492. The summed E-state index contributed by atoms with van der Waals surface area (Å²) in [4.78, 5) is 13.8. The van der Waals surface area contributed by atoms with Crippen LogP contribution in [0.2, 0.25) is 0 Å². The zero-order chi connectivity index (χ0) is 13.4. The molecule has 0 aromatic rings. The van der Waals surface area contributed by atoms with E-state index in [1.807, 2.05) is 14.1 Å². The Morgan fingerprint density at radius 3 is 2.72 bits per heavy atom. The first-order valence-electron chi connectivity index (χ1n) is 6.56. The second kappa shape index (κ2) is 8.42. The first kappa shape index (κ1) is 15.4. The van der Waals surface area contributed by atoms with Crippen LogP contribution in [-0.2, 0) is 9.53 Å². The number of hydrogen-bond donors (Lipinski definition) is 3. The summed E-state index contributed by atoms with van der Waals surface area (Å²) in [6.07, 6.45) is 0. The van der Waals surface area contributed by atoms with E-state index in [4.69, 9.17) is 4.74 Å². The van der Waals surface area contributed by atoms with Gasteiger partial charge in [-0.25, -0.2) is 0 Å². The lowest BCUT2D eigenvalue weighted by Gasteiger charge is -2.28. The lowest BCUT2D eigenvalue weighted by Crippen LogP contribution is -2.59. The number of likely N-dealkylation sites (N-methyl/N-ethyl adjacent to an activating group) is 1. The fourth-order valence-corrected chi connectivity index (χ4v) is 1.69. The average Bonchev–Trinajstić information content (AvgIpc) is 2.34. The van der Waals surface area contributed by atoms with Crippen LogP contribution in [0.15, 0.2) is 0 Å². The Balaban J connectivity index is 2.00. The van der Waals surface area contributed by atoms with Crippen molar-refractivity contribution in [2.45, 2.75) is 19.0 Å². The highest BCUT2D eigenvalue weighted by molar-refractivity contribution is 5.82. The zero-order valence-electron chi connectivity index (χ0n) is 11.7. The van der Waals surface area contributed by atoms with E-state index in [1.54, 1.807) is 0 Å². The molecule has 0 aromatic carbocycles. The predicted octanol–water partition coefficient (Wildman–Crippen LogP) is -1.37. The van der Waals surface area contributed by atoms with E-state index < -0.39 is 0 Å². The van der Waals surface area contributed by atoms with Gasteiger partial charge in [0.05, 0.1) is 19.3 Å². The molecule has 1 heterocycles. The molecular weight excluding hydrogens is 232 g/mol. The SMILES string of the molecule is CC1CNC(C(=O)NCCOCCN(C)C)CN1. The summed E-state index contributed by atoms with van der Waals surface area (Å²) in [5, 5.41) is 9.36. The van der Waals surface area contributed by atoms with Gasteiger partial charge in [-0.1, -0.05) is 0 Å². The van der Waals surface area contributed by atoms with Crippen LogP contribution in [-0.4, -0.2) is 76.4 Å². The molecule has 0 aromatic heterocycles. The van der Waals surface area contributed by atoms with Gasteiger partial charge in [-0.2, -0.15) is 0 Å². The molecule has 1 amide bonds. The third kappa shape index (κ3) is 6.30. The molecule has 6 nitrogen and oxygen atoms in total. The molecule has 0 aliphatic carbocycles. The van der Waals surface area contributed by atoms with Crippen LogP contribution in [0.4, 0.5) is 0 Å². The van der Waals surface area contributed by atoms with Gasteiger partial charge in [-0.05, 0) is 21.0 Å². The molecule has 1 saturated heterocycles. The monoisotopic (exact) mass is 258 g/mol. The second-order valence-electron chi connectivity index (χ2n) is 4.98. The first-order valence-corrected chi connectivity index (χ1v) is 6.56. The Bertz CT molecular complexity index is 240. The standard InChI is InChI=1S/C12H26N4O2/c1-10-8-15-11(9-14-10)12(17)13-4-6-18-7-5-16(2)3/h10-11,14-15H,4-9H2,1-3H3,(H,13,17). The molecule has 0 spiro atoms. The third-order valence-corrected chi connectivity index (χ3v) is 2.89. The van der Waals surface area contributed by atoms with Gasteiger partial charge in [0.1, 0.15) is 0 Å². The summed E-state index contributed by atoms with van der Waals surface area (Å²) >= 11 is 0. The first-order chi connectivity index (χ1) is 8.59. The van der Waals surface area contributed by atoms with E-state index in [-0.39, 0.29) is 11.9 Å². The molecule has 0 saturated carbocycles. The summed E-state index contributed by atoms with van der Waals surface area (Å²) < 4.78 is 5.41. The van der Waals surface area contributed by atoms with Gasteiger partial charge in [0.25, 0.3) is 0 Å². The highest BCUT2D eigenvalue weighted by atomic mass is 16.5. The Labute approximate surface area is 109 Å². The predicted molar refractivity (Wildman–Crippen MR) is 71.6 cm³/mol. The molecule has 1 fully saturated rings. The minimum atomic E-state index is -0.122. The summed E-state index contributed by atoms with van der Waals surface area (Å²) in [5.74, 6) is 0.0469. The molecular formula is C12H26N4O2. The van der Waals surface area contributed by atoms with Crippen LogP contribution >= 0.6 is 0 Å². The van der Waals surface area contributed by atoms with E-state index in [0.717, 1.165) is 13.1 Å². The molecule has 2 unspecified atom stereocenters. The normalized spacial score (nSPS) is 24.2. The van der Waals surface area contributed by atoms with Crippen molar-refractivity contribution in [1.29, 1.82) is 0 Å². The minimum absolute atomic E-state index is 0.0469. The van der Waals surface area contributed by atoms with Gasteiger partial charge in [0.15, 0.2) is 0 Å². The van der Waals surface area contributed by atoms with Crippen molar-refractivity contribution in [3.05, 3.63) is 0 Å². The van der Waals surface area contributed by atoms with Gasteiger partial charge >= 0.3 is 0 Å². The Morgan fingerprint density at radius 2 is 2.11 bits per heavy atom. The van der Waals surface area contributed by atoms with E-state index in [2.05, 4.69) is 27.8 Å². The van der Waals surface area contributed by atoms with Crippen LogP contribution in [0.1, 0.15) is 6.92 Å². The summed E-state index contributed by atoms with van der Waals surface area (Å²) in [6.45, 7) is 6.35. The number of carbonyl (C=O) groups is 1. The number of rotatable bonds is 7. The topological polar surface area (TPSA) is 65.6 Å². The van der Waals surface area contributed by atoms with E-state index >= 15 is 0 Å². The molecule has 2 atom stereocenters. The van der Waals surface area contributed by atoms with Crippen molar-refractivity contribution in [1.82, 2.24) is 20.9 Å². The van der Waals surface area contributed by atoms with Crippen molar-refractivity contribution in [2.75, 3.05) is 53.5 Å². The number of ether oxygens (including phenoxy) is 1. The van der Waals surface area contributed by atoms with E-state index in [0.29, 0.717) is 32.3 Å². The number of carbonyl (C=O) groups excluding carboxylic acids is 1. The van der Waals surface area contributed by atoms with Gasteiger partial charge in [-0.3, -0.25) is 4.79 Å². The molecule has 0 bridgehead atoms. The maximum atomic E-state index is 11.8. The fourth-order valence-electron chi connectivity index (χ4n) is 1.69. The molecule has 1 aliphatic heterocycles.